The first kappa shape index (κ1) is 16.6. The third-order valence-corrected chi connectivity index (χ3v) is 3.85. The lowest BCUT2D eigenvalue weighted by Crippen LogP contribution is -2.21. The van der Waals surface area contributed by atoms with Gasteiger partial charge in [0, 0.05) is 18.5 Å². The first-order chi connectivity index (χ1) is 8.97. The zero-order valence-corrected chi connectivity index (χ0v) is 13.9. The monoisotopic (exact) mass is 283 g/mol. The Balaban J connectivity index is 2.29. The van der Waals surface area contributed by atoms with E-state index in [0.29, 0.717) is 5.92 Å². The van der Waals surface area contributed by atoms with E-state index in [9.17, 15) is 0 Å². The van der Waals surface area contributed by atoms with Crippen LogP contribution < -0.4 is 5.32 Å². The van der Waals surface area contributed by atoms with Crippen LogP contribution in [-0.4, -0.2) is 30.0 Å². The normalized spacial score (nSPS) is 12.0. The Morgan fingerprint density at radius 1 is 1.26 bits per heavy atom. The van der Waals surface area contributed by atoms with Gasteiger partial charge in [0.25, 0.3) is 0 Å². The average Bonchev–Trinajstić information content (AvgIpc) is 2.73. The summed E-state index contributed by atoms with van der Waals surface area (Å²) in [4.78, 5) is 7.05. The molecule has 0 saturated heterocycles. The summed E-state index contributed by atoms with van der Waals surface area (Å²) >= 11 is 1.77. The smallest absolute Gasteiger partial charge is 0.107 e. The summed E-state index contributed by atoms with van der Waals surface area (Å²) in [6.45, 7) is 13.1. The molecule has 0 unspecified atom stereocenters. The zero-order chi connectivity index (χ0) is 14.3. The molecule has 0 atom stereocenters. The van der Waals surface area contributed by atoms with Crippen molar-refractivity contribution in [3.05, 3.63) is 16.1 Å². The summed E-state index contributed by atoms with van der Waals surface area (Å²) in [5.74, 6) is 1.47. The number of thiazole rings is 1. The molecule has 0 aromatic carbocycles. The lowest BCUT2D eigenvalue weighted by Gasteiger charge is -2.16. The molecule has 0 spiro atoms. The molecule has 0 fully saturated rings. The van der Waals surface area contributed by atoms with Gasteiger partial charge in [0.1, 0.15) is 5.01 Å². The Labute approximate surface area is 122 Å². The molecule has 1 heterocycles. The van der Waals surface area contributed by atoms with Crippen LogP contribution in [0.5, 0.6) is 0 Å². The summed E-state index contributed by atoms with van der Waals surface area (Å²) in [6, 6.07) is 0. The van der Waals surface area contributed by atoms with E-state index in [1.807, 2.05) is 0 Å². The molecule has 110 valence electrons. The van der Waals surface area contributed by atoms with Crippen molar-refractivity contribution < 1.29 is 0 Å². The van der Waals surface area contributed by atoms with E-state index < -0.39 is 0 Å². The molecule has 0 amide bonds. The van der Waals surface area contributed by atoms with Gasteiger partial charge in [-0.1, -0.05) is 27.7 Å². The molecule has 1 aromatic heterocycles. The van der Waals surface area contributed by atoms with Crippen LogP contribution >= 0.6 is 11.3 Å². The Bertz CT molecular complexity index is 347. The lowest BCUT2D eigenvalue weighted by molar-refractivity contribution is 0.300. The fraction of sp³-hybridized carbons (Fsp3) is 0.800. The topological polar surface area (TPSA) is 28.2 Å². The highest BCUT2D eigenvalue weighted by Gasteiger charge is 2.06. The van der Waals surface area contributed by atoms with Crippen molar-refractivity contribution >= 4 is 11.3 Å². The summed E-state index contributed by atoms with van der Waals surface area (Å²) in [5, 5.41) is 6.84. The second-order valence-electron chi connectivity index (χ2n) is 6.18. The van der Waals surface area contributed by atoms with Crippen molar-refractivity contribution in [2.24, 2.45) is 11.8 Å². The summed E-state index contributed by atoms with van der Waals surface area (Å²) in [7, 11) is 2.18. The Kier molecular flexibility index (Phi) is 7.57. The number of nitrogens with zero attached hydrogens (tertiary/aromatic N) is 2. The van der Waals surface area contributed by atoms with Gasteiger partial charge < -0.3 is 10.2 Å². The maximum atomic E-state index is 4.69. The third kappa shape index (κ3) is 7.65. The van der Waals surface area contributed by atoms with Gasteiger partial charge in [-0.25, -0.2) is 4.98 Å². The van der Waals surface area contributed by atoms with E-state index in [-0.39, 0.29) is 0 Å². The van der Waals surface area contributed by atoms with Gasteiger partial charge in [0.2, 0.25) is 0 Å². The van der Waals surface area contributed by atoms with Crippen molar-refractivity contribution in [3.63, 3.8) is 0 Å². The minimum Gasteiger partial charge on any atom is -0.310 e. The van der Waals surface area contributed by atoms with E-state index in [1.165, 1.54) is 17.1 Å². The molecule has 1 aromatic rings. The molecule has 1 N–H and O–H groups in total. The van der Waals surface area contributed by atoms with Crippen LogP contribution in [0.2, 0.25) is 0 Å². The van der Waals surface area contributed by atoms with Crippen LogP contribution in [0, 0.1) is 11.8 Å². The molecule has 0 radical (unpaired) electrons. The maximum absolute atomic E-state index is 4.69. The highest BCUT2D eigenvalue weighted by Crippen LogP contribution is 2.12. The van der Waals surface area contributed by atoms with E-state index in [1.54, 1.807) is 11.3 Å². The fourth-order valence-electron chi connectivity index (χ4n) is 1.80. The maximum Gasteiger partial charge on any atom is 0.107 e. The number of hydrogen-bond acceptors (Lipinski definition) is 4. The average molecular weight is 283 g/mol. The van der Waals surface area contributed by atoms with E-state index in [2.05, 4.69) is 55.3 Å². The Hall–Kier alpha value is -0.450. The van der Waals surface area contributed by atoms with E-state index in [0.717, 1.165) is 32.1 Å². The molecule has 4 heteroatoms. The first-order valence-electron chi connectivity index (χ1n) is 7.30. The van der Waals surface area contributed by atoms with Crippen LogP contribution in [0.4, 0.5) is 0 Å². The molecule has 3 nitrogen and oxygen atoms in total. The van der Waals surface area contributed by atoms with E-state index in [4.69, 9.17) is 0 Å². The van der Waals surface area contributed by atoms with Crippen molar-refractivity contribution in [2.75, 3.05) is 20.1 Å². The Morgan fingerprint density at radius 3 is 2.63 bits per heavy atom. The van der Waals surface area contributed by atoms with Crippen molar-refractivity contribution in [1.29, 1.82) is 0 Å². The highest BCUT2D eigenvalue weighted by molar-refractivity contribution is 7.09. The summed E-state index contributed by atoms with van der Waals surface area (Å²) < 4.78 is 0. The van der Waals surface area contributed by atoms with Gasteiger partial charge in [-0.05, 0) is 38.4 Å². The van der Waals surface area contributed by atoms with Gasteiger partial charge in [0.15, 0.2) is 0 Å². The number of rotatable bonds is 9. The second kappa shape index (κ2) is 8.67. The predicted molar refractivity (Wildman–Crippen MR) is 84.4 cm³/mol. The van der Waals surface area contributed by atoms with Gasteiger partial charge in [-0.15, -0.1) is 11.3 Å². The first-order valence-corrected chi connectivity index (χ1v) is 8.18. The molecule has 1 rings (SSSR count). The lowest BCUT2D eigenvalue weighted by atomic mass is 10.1. The van der Waals surface area contributed by atoms with Crippen LogP contribution in [-0.2, 0) is 13.1 Å². The molecule has 0 saturated carbocycles. The number of aromatic nitrogens is 1. The summed E-state index contributed by atoms with van der Waals surface area (Å²) in [5.41, 5.74) is 1.21. The molecule has 0 aliphatic heterocycles. The number of nitrogens with one attached hydrogen (secondary N) is 1. The minimum absolute atomic E-state index is 0.696. The SMILES string of the molecule is CC(C)CCN(C)Cc1csc(CNCC(C)C)n1. The molecule has 0 aliphatic rings. The van der Waals surface area contributed by atoms with Gasteiger partial charge in [-0.2, -0.15) is 0 Å². The largest absolute Gasteiger partial charge is 0.310 e. The van der Waals surface area contributed by atoms with Crippen LogP contribution in [0.1, 0.15) is 44.8 Å². The Morgan fingerprint density at radius 2 is 2.00 bits per heavy atom. The van der Waals surface area contributed by atoms with Gasteiger partial charge in [-0.3, -0.25) is 0 Å². The summed E-state index contributed by atoms with van der Waals surface area (Å²) in [6.07, 6.45) is 1.25. The van der Waals surface area contributed by atoms with Crippen molar-refractivity contribution in [1.82, 2.24) is 15.2 Å². The van der Waals surface area contributed by atoms with Crippen molar-refractivity contribution in [3.8, 4) is 0 Å². The quantitative estimate of drug-likeness (QED) is 0.753. The third-order valence-electron chi connectivity index (χ3n) is 2.95. The van der Waals surface area contributed by atoms with Crippen LogP contribution in [0.15, 0.2) is 5.38 Å². The highest BCUT2D eigenvalue weighted by atomic mass is 32.1. The zero-order valence-electron chi connectivity index (χ0n) is 13.1. The molecule has 0 aliphatic carbocycles. The van der Waals surface area contributed by atoms with Gasteiger partial charge >= 0.3 is 0 Å². The molecule has 19 heavy (non-hydrogen) atoms. The van der Waals surface area contributed by atoms with Crippen LogP contribution in [0.25, 0.3) is 0 Å². The molecule has 0 bridgehead atoms. The molecular formula is C15H29N3S. The fourth-order valence-corrected chi connectivity index (χ4v) is 2.56. The van der Waals surface area contributed by atoms with E-state index >= 15 is 0 Å². The predicted octanol–water partition coefficient (Wildman–Crippen LogP) is 3.37. The van der Waals surface area contributed by atoms with Crippen molar-refractivity contribution in [2.45, 2.75) is 47.2 Å². The van der Waals surface area contributed by atoms with Gasteiger partial charge in [0.05, 0.1) is 5.69 Å². The standard InChI is InChI=1S/C15H29N3S/c1-12(2)6-7-18(5)10-14-11-19-15(17-14)9-16-8-13(3)4/h11-13,16H,6-10H2,1-5H3. The number of hydrogen-bond donors (Lipinski definition) is 1. The molecular weight excluding hydrogens is 254 g/mol. The second-order valence-corrected chi connectivity index (χ2v) is 7.12. The minimum atomic E-state index is 0.696. The van der Waals surface area contributed by atoms with Crippen LogP contribution in [0.3, 0.4) is 0 Å².